The number of likely N-dealkylation sites (tertiary alicyclic amines) is 1. The van der Waals surface area contributed by atoms with E-state index in [2.05, 4.69) is 11.9 Å². The number of hydrogen-bond donors (Lipinski definition) is 0. The van der Waals surface area contributed by atoms with Gasteiger partial charge in [0.15, 0.2) is 5.58 Å². The van der Waals surface area contributed by atoms with Crippen LogP contribution in [0.5, 0.6) is 0 Å². The summed E-state index contributed by atoms with van der Waals surface area (Å²) in [7, 11) is -0.554. The number of piperidine rings is 1. The summed E-state index contributed by atoms with van der Waals surface area (Å²) in [5, 5.41) is 0.373. The quantitative estimate of drug-likeness (QED) is 0.721. The van der Waals surface area contributed by atoms with Crippen LogP contribution in [0.25, 0.3) is 11.1 Å². The number of hydrogen-bond acceptors (Lipinski definition) is 6. The lowest BCUT2D eigenvalue weighted by molar-refractivity contribution is -0.129. The Balaban J connectivity index is 1.69. The van der Waals surface area contributed by atoms with Gasteiger partial charge in [-0.3, -0.25) is 4.79 Å². The Morgan fingerprint density at radius 1 is 1.35 bits per heavy atom. The summed E-state index contributed by atoms with van der Waals surface area (Å²) in [6, 6.07) is 4.58. The number of amides is 1. The average molecular weight is 398 g/mol. The van der Waals surface area contributed by atoms with Crippen LogP contribution in [-0.4, -0.2) is 61.5 Å². The Kier molecular flexibility index (Phi) is 5.59. The van der Waals surface area contributed by atoms with E-state index in [4.69, 9.17) is 4.42 Å². The van der Waals surface area contributed by atoms with E-state index in [-0.39, 0.29) is 16.6 Å². The van der Waals surface area contributed by atoms with Gasteiger partial charge in [-0.15, -0.1) is 0 Å². The van der Waals surface area contributed by atoms with Crippen LogP contribution in [-0.2, 0) is 14.8 Å². The van der Waals surface area contributed by atoms with Crippen LogP contribution >= 0.6 is 11.8 Å². The van der Waals surface area contributed by atoms with Gasteiger partial charge < -0.3 is 9.32 Å². The Labute approximate surface area is 157 Å². The third-order valence-corrected chi connectivity index (χ3v) is 7.20. The third-order valence-electron chi connectivity index (χ3n) is 4.57. The van der Waals surface area contributed by atoms with Crippen LogP contribution in [0.2, 0.25) is 0 Å². The van der Waals surface area contributed by atoms with Gasteiger partial charge >= 0.3 is 0 Å². The first-order valence-electron chi connectivity index (χ1n) is 8.51. The van der Waals surface area contributed by atoms with Crippen molar-refractivity contribution in [1.82, 2.24) is 14.2 Å². The van der Waals surface area contributed by atoms with Crippen LogP contribution in [0, 0.1) is 5.92 Å². The van der Waals surface area contributed by atoms with Crippen molar-refractivity contribution < 1.29 is 17.6 Å². The molecular formula is C17H23N3O4S2. The largest absolute Gasteiger partial charge is 0.431 e. The highest BCUT2D eigenvalue weighted by atomic mass is 32.2. The molecule has 0 aliphatic carbocycles. The van der Waals surface area contributed by atoms with Crippen molar-refractivity contribution >= 4 is 38.8 Å². The fourth-order valence-corrected chi connectivity index (χ4v) is 4.46. The zero-order chi connectivity index (χ0) is 18.9. The van der Waals surface area contributed by atoms with E-state index < -0.39 is 10.0 Å². The number of rotatable bonds is 5. The van der Waals surface area contributed by atoms with Crippen molar-refractivity contribution in [3.05, 3.63) is 18.2 Å². The molecule has 0 unspecified atom stereocenters. The molecule has 0 atom stereocenters. The molecule has 1 saturated heterocycles. The molecule has 7 nitrogen and oxygen atoms in total. The number of fused-ring (bicyclic) bond motifs is 1. The van der Waals surface area contributed by atoms with Gasteiger partial charge in [-0.05, 0) is 37.0 Å². The number of sulfonamides is 1. The lowest BCUT2D eigenvalue weighted by atomic mass is 9.99. The normalized spacial score (nSPS) is 16.5. The van der Waals surface area contributed by atoms with Gasteiger partial charge in [0.2, 0.25) is 15.9 Å². The summed E-state index contributed by atoms with van der Waals surface area (Å²) in [6.07, 6.45) is 2.09. The van der Waals surface area contributed by atoms with Gasteiger partial charge in [-0.2, -0.15) is 0 Å². The smallest absolute Gasteiger partial charge is 0.257 e. The highest BCUT2D eigenvalue weighted by molar-refractivity contribution is 7.99. The molecule has 3 rings (SSSR count). The first kappa shape index (κ1) is 19.2. The summed E-state index contributed by atoms with van der Waals surface area (Å²) in [6.45, 7) is 3.82. The predicted octanol–water partition coefficient (Wildman–Crippen LogP) is 2.43. The zero-order valence-electron chi connectivity index (χ0n) is 15.1. The summed E-state index contributed by atoms with van der Waals surface area (Å²) >= 11 is 1.24. The van der Waals surface area contributed by atoms with Gasteiger partial charge in [0.1, 0.15) is 5.52 Å². The van der Waals surface area contributed by atoms with Crippen molar-refractivity contribution in [2.75, 3.05) is 32.9 Å². The summed E-state index contributed by atoms with van der Waals surface area (Å²) in [5.74, 6) is 1.03. The SMILES string of the molecule is CC1CCN(C(=O)CSc2nc3cc(S(=O)(=O)N(C)C)ccc3o2)CC1. The van der Waals surface area contributed by atoms with Crippen molar-refractivity contribution in [2.45, 2.75) is 29.9 Å². The van der Waals surface area contributed by atoms with E-state index in [1.807, 2.05) is 4.90 Å². The number of oxazole rings is 1. The molecule has 1 aliphatic heterocycles. The minimum absolute atomic E-state index is 0.0834. The second-order valence-electron chi connectivity index (χ2n) is 6.75. The molecule has 0 N–H and O–H groups in total. The summed E-state index contributed by atoms with van der Waals surface area (Å²) in [4.78, 5) is 18.7. The van der Waals surface area contributed by atoms with Crippen molar-refractivity contribution in [3.8, 4) is 0 Å². The Hall–Kier alpha value is -1.58. The van der Waals surface area contributed by atoms with E-state index in [0.29, 0.717) is 22.2 Å². The van der Waals surface area contributed by atoms with Crippen molar-refractivity contribution in [2.24, 2.45) is 5.92 Å². The average Bonchev–Trinajstić information content (AvgIpc) is 3.02. The standard InChI is InChI=1S/C17H23N3O4S2/c1-12-6-8-20(9-7-12)16(21)11-25-17-18-14-10-13(4-5-15(14)24-17)26(22,23)19(2)3/h4-5,10,12H,6-9,11H2,1-3H3. The van der Waals surface area contributed by atoms with Crippen LogP contribution in [0.3, 0.4) is 0 Å². The molecule has 142 valence electrons. The van der Waals surface area contributed by atoms with Gasteiger partial charge in [-0.1, -0.05) is 18.7 Å². The Morgan fingerprint density at radius 2 is 2.04 bits per heavy atom. The maximum atomic E-state index is 12.3. The topological polar surface area (TPSA) is 83.7 Å². The minimum Gasteiger partial charge on any atom is -0.431 e. The van der Waals surface area contributed by atoms with Gasteiger partial charge in [0, 0.05) is 27.2 Å². The second-order valence-corrected chi connectivity index (χ2v) is 9.83. The third kappa shape index (κ3) is 4.05. The molecule has 2 heterocycles. The molecule has 1 aromatic carbocycles. The molecule has 1 aromatic heterocycles. The van der Waals surface area contributed by atoms with E-state index in [0.717, 1.165) is 30.2 Å². The molecule has 1 amide bonds. The highest BCUT2D eigenvalue weighted by Crippen LogP contribution is 2.27. The predicted molar refractivity (Wildman–Crippen MR) is 101 cm³/mol. The fourth-order valence-electron chi connectivity index (χ4n) is 2.79. The van der Waals surface area contributed by atoms with Crippen molar-refractivity contribution in [1.29, 1.82) is 0 Å². The maximum Gasteiger partial charge on any atom is 0.257 e. The summed E-state index contributed by atoms with van der Waals surface area (Å²) in [5.41, 5.74) is 0.971. The molecule has 0 radical (unpaired) electrons. The second kappa shape index (κ2) is 7.58. The van der Waals surface area contributed by atoms with E-state index in [1.54, 1.807) is 6.07 Å². The summed E-state index contributed by atoms with van der Waals surface area (Å²) < 4.78 is 31.2. The molecule has 0 bridgehead atoms. The van der Waals surface area contributed by atoms with Crippen LogP contribution in [0.1, 0.15) is 19.8 Å². The lowest BCUT2D eigenvalue weighted by Gasteiger charge is -2.30. The number of aromatic nitrogens is 1. The number of thioether (sulfide) groups is 1. The Morgan fingerprint density at radius 3 is 2.69 bits per heavy atom. The van der Waals surface area contributed by atoms with Crippen LogP contribution in [0.15, 0.2) is 32.7 Å². The van der Waals surface area contributed by atoms with Gasteiger partial charge in [0.25, 0.3) is 5.22 Å². The molecule has 1 aliphatic rings. The molecule has 1 fully saturated rings. The fraction of sp³-hybridized carbons (Fsp3) is 0.529. The number of carbonyl (C=O) groups is 1. The zero-order valence-corrected chi connectivity index (χ0v) is 16.8. The van der Waals surface area contributed by atoms with Crippen LogP contribution < -0.4 is 0 Å². The minimum atomic E-state index is -3.52. The van der Waals surface area contributed by atoms with Gasteiger partial charge in [0.05, 0.1) is 10.6 Å². The van der Waals surface area contributed by atoms with E-state index in [1.165, 1.54) is 38.0 Å². The molecule has 0 spiro atoms. The van der Waals surface area contributed by atoms with E-state index in [9.17, 15) is 13.2 Å². The highest BCUT2D eigenvalue weighted by Gasteiger charge is 2.22. The molecule has 0 saturated carbocycles. The molecular weight excluding hydrogens is 374 g/mol. The maximum absolute atomic E-state index is 12.3. The number of nitrogens with zero attached hydrogens (tertiary/aromatic N) is 3. The monoisotopic (exact) mass is 397 g/mol. The van der Waals surface area contributed by atoms with Crippen LogP contribution in [0.4, 0.5) is 0 Å². The van der Waals surface area contributed by atoms with Crippen molar-refractivity contribution in [3.63, 3.8) is 0 Å². The first-order chi connectivity index (χ1) is 12.3. The molecule has 2 aromatic rings. The Bertz CT molecular complexity index is 900. The number of carbonyl (C=O) groups excluding carboxylic acids is 1. The van der Waals surface area contributed by atoms with E-state index >= 15 is 0 Å². The van der Waals surface area contributed by atoms with Gasteiger partial charge in [-0.25, -0.2) is 17.7 Å². The molecule has 9 heteroatoms. The lowest BCUT2D eigenvalue weighted by Crippen LogP contribution is -2.38. The number of benzene rings is 1. The molecule has 26 heavy (non-hydrogen) atoms. The first-order valence-corrected chi connectivity index (χ1v) is 10.9.